The van der Waals surface area contributed by atoms with Crippen LogP contribution in [0.1, 0.15) is 15.9 Å². The third-order valence-corrected chi connectivity index (χ3v) is 4.43. The van der Waals surface area contributed by atoms with Crippen molar-refractivity contribution in [1.82, 2.24) is 5.43 Å². The fourth-order valence-corrected chi connectivity index (χ4v) is 2.97. The largest absolute Gasteiger partial charge is 0.481 e. The van der Waals surface area contributed by atoms with Gasteiger partial charge in [-0.15, -0.1) is 11.8 Å². The molecule has 0 aromatic heterocycles. The third kappa shape index (κ3) is 4.54. The minimum atomic E-state index is -0.896. The van der Waals surface area contributed by atoms with Gasteiger partial charge in [0.15, 0.2) is 11.5 Å². The molecular formula is C18H16N2O5S. The zero-order valence-electron chi connectivity index (χ0n) is 13.7. The van der Waals surface area contributed by atoms with Crippen LogP contribution >= 0.6 is 11.8 Å². The monoisotopic (exact) mass is 372 g/mol. The quantitative estimate of drug-likeness (QED) is 0.572. The molecule has 0 fully saturated rings. The second kappa shape index (κ2) is 8.39. The van der Waals surface area contributed by atoms with E-state index in [0.717, 1.165) is 5.56 Å². The van der Waals surface area contributed by atoms with E-state index in [4.69, 9.17) is 14.6 Å². The van der Waals surface area contributed by atoms with Crippen LogP contribution in [0.4, 0.5) is 0 Å². The molecule has 2 aromatic rings. The van der Waals surface area contributed by atoms with Crippen molar-refractivity contribution < 1.29 is 24.2 Å². The second-order valence-electron chi connectivity index (χ2n) is 5.32. The van der Waals surface area contributed by atoms with Gasteiger partial charge in [0.1, 0.15) is 0 Å². The van der Waals surface area contributed by atoms with Gasteiger partial charge in [-0.2, -0.15) is 5.10 Å². The van der Waals surface area contributed by atoms with Crippen molar-refractivity contribution in [2.75, 3.05) is 18.3 Å². The maximum Gasteiger partial charge on any atom is 0.313 e. The lowest BCUT2D eigenvalue weighted by Gasteiger charge is -2.07. The standard InChI is InChI=1S/C18H16N2O5S/c21-17(22)10-26-9-14(12-4-2-1-3-5-12)19-20-18(23)13-6-7-15-16(8-13)25-11-24-15/h1-8H,9-11H2,(H,20,23)(H,21,22)/b19-14+. The van der Waals surface area contributed by atoms with E-state index in [-0.39, 0.29) is 18.5 Å². The van der Waals surface area contributed by atoms with E-state index >= 15 is 0 Å². The lowest BCUT2D eigenvalue weighted by Crippen LogP contribution is -2.21. The molecule has 134 valence electrons. The number of aliphatic carboxylic acids is 1. The van der Waals surface area contributed by atoms with Crippen LogP contribution in [0, 0.1) is 0 Å². The number of hydrogen-bond donors (Lipinski definition) is 2. The first-order chi connectivity index (χ1) is 12.6. The number of carboxylic acid groups (broad SMARTS) is 1. The molecule has 8 heteroatoms. The van der Waals surface area contributed by atoms with Crippen molar-refractivity contribution in [2.45, 2.75) is 0 Å². The molecule has 0 saturated heterocycles. The van der Waals surface area contributed by atoms with E-state index in [2.05, 4.69) is 10.5 Å². The predicted molar refractivity (Wildman–Crippen MR) is 98.0 cm³/mol. The van der Waals surface area contributed by atoms with Crippen LogP contribution in [0.2, 0.25) is 0 Å². The summed E-state index contributed by atoms with van der Waals surface area (Å²) in [4.78, 5) is 23.1. The van der Waals surface area contributed by atoms with Gasteiger partial charge in [-0.1, -0.05) is 30.3 Å². The molecule has 2 aromatic carbocycles. The number of carbonyl (C=O) groups is 2. The molecule has 0 atom stereocenters. The molecule has 2 N–H and O–H groups in total. The number of hydrazone groups is 1. The summed E-state index contributed by atoms with van der Waals surface area (Å²) in [7, 11) is 0. The van der Waals surface area contributed by atoms with Gasteiger partial charge in [0.05, 0.1) is 11.5 Å². The zero-order chi connectivity index (χ0) is 18.4. The Labute approximate surface area is 154 Å². The minimum absolute atomic E-state index is 0.0397. The summed E-state index contributed by atoms with van der Waals surface area (Å²) in [6.45, 7) is 0.136. The first kappa shape index (κ1) is 17.8. The van der Waals surface area contributed by atoms with E-state index in [1.54, 1.807) is 18.2 Å². The number of nitrogens with one attached hydrogen (secondary N) is 1. The lowest BCUT2D eigenvalue weighted by molar-refractivity contribution is -0.133. The summed E-state index contributed by atoms with van der Waals surface area (Å²) in [5.74, 6) is 0.147. The molecule has 1 aliphatic rings. The molecule has 7 nitrogen and oxygen atoms in total. The van der Waals surface area contributed by atoms with Crippen molar-refractivity contribution in [1.29, 1.82) is 0 Å². The average molecular weight is 372 g/mol. The highest BCUT2D eigenvalue weighted by Gasteiger charge is 2.16. The molecule has 0 saturated carbocycles. The van der Waals surface area contributed by atoms with E-state index in [0.29, 0.717) is 28.5 Å². The summed E-state index contributed by atoms with van der Waals surface area (Å²) in [6, 6.07) is 14.2. The van der Waals surface area contributed by atoms with Gasteiger partial charge >= 0.3 is 5.97 Å². The second-order valence-corrected chi connectivity index (χ2v) is 6.31. The maximum atomic E-state index is 12.3. The molecule has 0 bridgehead atoms. The number of rotatable bonds is 7. The number of fused-ring (bicyclic) bond motifs is 1. The van der Waals surface area contributed by atoms with Crippen molar-refractivity contribution in [3.63, 3.8) is 0 Å². The molecule has 1 heterocycles. The fourth-order valence-electron chi connectivity index (χ4n) is 2.27. The summed E-state index contributed by atoms with van der Waals surface area (Å²) in [5, 5.41) is 13.0. The number of hydrogen-bond acceptors (Lipinski definition) is 6. The molecule has 1 amide bonds. The van der Waals surface area contributed by atoms with E-state index in [9.17, 15) is 9.59 Å². The van der Waals surface area contributed by atoms with Crippen molar-refractivity contribution in [3.05, 3.63) is 59.7 Å². The van der Waals surface area contributed by atoms with Crippen LogP contribution in [0.3, 0.4) is 0 Å². The Bertz CT molecular complexity index is 839. The summed E-state index contributed by atoms with van der Waals surface area (Å²) < 4.78 is 10.5. The SMILES string of the molecule is O=C(O)CSC/C(=N\NC(=O)c1ccc2c(c1)OCO2)c1ccccc1. The molecule has 1 aliphatic heterocycles. The number of thioether (sulfide) groups is 1. The van der Waals surface area contributed by atoms with Gasteiger partial charge in [-0.05, 0) is 23.8 Å². The van der Waals surface area contributed by atoms with Crippen molar-refractivity contribution >= 4 is 29.4 Å². The average Bonchev–Trinajstić information content (AvgIpc) is 3.12. The first-order valence-corrected chi connectivity index (χ1v) is 8.90. The minimum Gasteiger partial charge on any atom is -0.481 e. The number of benzene rings is 2. The van der Waals surface area contributed by atoms with Gasteiger partial charge in [-0.3, -0.25) is 9.59 Å². The summed E-state index contributed by atoms with van der Waals surface area (Å²) >= 11 is 1.21. The third-order valence-electron chi connectivity index (χ3n) is 3.50. The first-order valence-electron chi connectivity index (χ1n) is 7.75. The maximum absolute atomic E-state index is 12.3. The molecule has 0 spiro atoms. The summed E-state index contributed by atoms with van der Waals surface area (Å²) in [5.41, 5.74) is 4.32. The van der Waals surface area contributed by atoms with Crippen LogP contribution in [0.5, 0.6) is 11.5 Å². The van der Waals surface area contributed by atoms with Gasteiger partial charge in [0, 0.05) is 11.3 Å². The summed E-state index contributed by atoms with van der Waals surface area (Å²) in [6.07, 6.45) is 0. The molecule has 3 rings (SSSR count). The number of amides is 1. The normalized spacial score (nSPS) is 12.7. The van der Waals surface area contributed by atoms with Crippen LogP contribution in [0.15, 0.2) is 53.6 Å². The van der Waals surface area contributed by atoms with E-state index in [1.165, 1.54) is 11.8 Å². The Morgan fingerprint density at radius 2 is 1.81 bits per heavy atom. The molecule has 0 aliphatic carbocycles. The number of ether oxygens (including phenoxy) is 2. The topological polar surface area (TPSA) is 97.2 Å². The molecular weight excluding hydrogens is 356 g/mol. The van der Waals surface area contributed by atoms with Gasteiger partial charge in [-0.25, -0.2) is 5.43 Å². The van der Waals surface area contributed by atoms with Gasteiger partial charge < -0.3 is 14.6 Å². The Morgan fingerprint density at radius 1 is 1.04 bits per heavy atom. The number of carbonyl (C=O) groups excluding carboxylic acids is 1. The van der Waals surface area contributed by atoms with Crippen LogP contribution < -0.4 is 14.9 Å². The number of carboxylic acids is 1. The van der Waals surface area contributed by atoms with Crippen LogP contribution in [0.25, 0.3) is 0 Å². The lowest BCUT2D eigenvalue weighted by atomic mass is 10.1. The Balaban J connectivity index is 1.72. The van der Waals surface area contributed by atoms with Crippen molar-refractivity contribution in [3.8, 4) is 11.5 Å². The Kier molecular flexibility index (Phi) is 5.75. The zero-order valence-corrected chi connectivity index (χ0v) is 14.5. The van der Waals surface area contributed by atoms with E-state index < -0.39 is 5.97 Å². The Morgan fingerprint density at radius 3 is 2.58 bits per heavy atom. The van der Waals surface area contributed by atoms with Gasteiger partial charge in [0.2, 0.25) is 6.79 Å². The number of nitrogens with zero attached hydrogens (tertiary/aromatic N) is 1. The molecule has 0 unspecified atom stereocenters. The highest BCUT2D eigenvalue weighted by molar-refractivity contribution is 8.00. The van der Waals surface area contributed by atoms with Crippen molar-refractivity contribution in [2.24, 2.45) is 5.10 Å². The molecule has 0 radical (unpaired) electrons. The predicted octanol–water partition coefficient (Wildman–Crippen LogP) is 2.37. The van der Waals surface area contributed by atoms with Gasteiger partial charge in [0.25, 0.3) is 5.91 Å². The Hall–Kier alpha value is -3.00. The molecule has 26 heavy (non-hydrogen) atoms. The highest BCUT2D eigenvalue weighted by Crippen LogP contribution is 2.32. The fraction of sp³-hybridized carbons (Fsp3) is 0.167. The van der Waals surface area contributed by atoms with Crippen LogP contribution in [-0.2, 0) is 4.79 Å². The highest BCUT2D eigenvalue weighted by atomic mass is 32.2. The van der Waals surface area contributed by atoms with Crippen LogP contribution in [-0.4, -0.2) is 41.0 Å². The smallest absolute Gasteiger partial charge is 0.313 e. The van der Waals surface area contributed by atoms with E-state index in [1.807, 2.05) is 30.3 Å².